The third kappa shape index (κ3) is 4.86. The Morgan fingerprint density at radius 2 is 2.06 bits per heavy atom. The second-order valence-electron chi connectivity index (χ2n) is 4.51. The quantitative estimate of drug-likeness (QED) is 0.873. The summed E-state index contributed by atoms with van der Waals surface area (Å²) >= 11 is 1.33. The smallest absolute Gasteiger partial charge is 0.412 e. The standard InChI is InChI=1S/C11H15NO4S/c1-11(2,3)16-10(15)12-8-6-17-5-7(8)4-9(13)14/h5-6H,4H2,1-3H3,(H,12,15)(H,13,14). The number of aliphatic carboxylic acids is 1. The van der Waals surface area contributed by atoms with Crippen molar-refractivity contribution in [1.82, 2.24) is 0 Å². The zero-order valence-corrected chi connectivity index (χ0v) is 10.8. The predicted octanol–water partition coefficient (Wildman–Crippen LogP) is 2.72. The number of amides is 1. The molecular formula is C11H15NO4S. The molecule has 5 nitrogen and oxygen atoms in total. The number of nitrogens with one attached hydrogen (secondary N) is 1. The minimum atomic E-state index is -0.935. The van der Waals surface area contributed by atoms with E-state index in [1.165, 1.54) is 11.3 Å². The molecule has 0 aliphatic carbocycles. The summed E-state index contributed by atoms with van der Waals surface area (Å²) in [6, 6.07) is 0. The Bertz CT molecular complexity index is 419. The van der Waals surface area contributed by atoms with Crippen molar-refractivity contribution in [3.63, 3.8) is 0 Å². The van der Waals surface area contributed by atoms with Gasteiger partial charge in [-0.25, -0.2) is 4.79 Å². The molecule has 0 atom stereocenters. The lowest BCUT2D eigenvalue weighted by atomic mass is 10.2. The van der Waals surface area contributed by atoms with Crippen molar-refractivity contribution in [3.8, 4) is 0 Å². The summed E-state index contributed by atoms with van der Waals surface area (Å²) < 4.78 is 5.08. The molecule has 0 saturated carbocycles. The highest BCUT2D eigenvalue weighted by atomic mass is 32.1. The van der Waals surface area contributed by atoms with Gasteiger partial charge in [0, 0.05) is 5.38 Å². The largest absolute Gasteiger partial charge is 0.481 e. The van der Waals surface area contributed by atoms with Crippen LogP contribution in [0.3, 0.4) is 0 Å². The van der Waals surface area contributed by atoms with E-state index in [1.54, 1.807) is 31.5 Å². The van der Waals surface area contributed by atoms with Crippen molar-refractivity contribution >= 4 is 29.1 Å². The molecular weight excluding hydrogens is 242 g/mol. The summed E-state index contributed by atoms with van der Waals surface area (Å²) in [7, 11) is 0. The molecule has 0 fully saturated rings. The SMILES string of the molecule is CC(C)(C)OC(=O)Nc1cscc1CC(=O)O. The lowest BCUT2D eigenvalue weighted by Gasteiger charge is -2.19. The van der Waals surface area contributed by atoms with Gasteiger partial charge >= 0.3 is 12.1 Å². The molecule has 1 aromatic rings. The first-order chi connectivity index (χ1) is 7.78. The third-order valence-corrected chi connectivity index (χ3v) is 2.51. The molecule has 0 radical (unpaired) electrons. The number of carbonyl (C=O) groups is 2. The van der Waals surface area contributed by atoms with Gasteiger partial charge in [0.05, 0.1) is 12.1 Å². The average Bonchev–Trinajstić information content (AvgIpc) is 2.47. The molecule has 0 aliphatic rings. The van der Waals surface area contributed by atoms with Gasteiger partial charge in [0.1, 0.15) is 5.60 Å². The fourth-order valence-electron chi connectivity index (χ4n) is 1.15. The second kappa shape index (κ2) is 5.18. The number of hydrogen-bond donors (Lipinski definition) is 2. The monoisotopic (exact) mass is 257 g/mol. The van der Waals surface area contributed by atoms with Crippen LogP contribution in [0.2, 0.25) is 0 Å². The second-order valence-corrected chi connectivity index (χ2v) is 5.25. The van der Waals surface area contributed by atoms with E-state index in [0.29, 0.717) is 11.3 Å². The van der Waals surface area contributed by atoms with Crippen LogP contribution in [-0.4, -0.2) is 22.8 Å². The van der Waals surface area contributed by atoms with Crippen molar-refractivity contribution in [1.29, 1.82) is 0 Å². The normalized spacial score (nSPS) is 11.0. The van der Waals surface area contributed by atoms with Crippen LogP contribution in [0, 0.1) is 0 Å². The Balaban J connectivity index is 2.65. The molecule has 1 rings (SSSR count). The number of carboxylic acids is 1. The Labute approximate surface area is 103 Å². The number of rotatable bonds is 3. The van der Waals surface area contributed by atoms with Gasteiger partial charge < -0.3 is 9.84 Å². The van der Waals surface area contributed by atoms with Gasteiger partial charge in [0.15, 0.2) is 0 Å². The summed E-state index contributed by atoms with van der Waals surface area (Å²) in [5.74, 6) is -0.935. The molecule has 6 heteroatoms. The van der Waals surface area contributed by atoms with Crippen LogP contribution in [0.5, 0.6) is 0 Å². The maximum Gasteiger partial charge on any atom is 0.412 e. The summed E-state index contributed by atoms with van der Waals surface area (Å²) in [6.07, 6.45) is -0.697. The first-order valence-electron chi connectivity index (χ1n) is 5.05. The average molecular weight is 257 g/mol. The number of thiophene rings is 1. The fraction of sp³-hybridized carbons (Fsp3) is 0.455. The Hall–Kier alpha value is -1.56. The van der Waals surface area contributed by atoms with E-state index in [4.69, 9.17) is 9.84 Å². The first kappa shape index (κ1) is 13.5. The molecule has 0 bridgehead atoms. The number of hydrogen-bond acceptors (Lipinski definition) is 4. The fourth-order valence-corrected chi connectivity index (χ4v) is 1.94. The van der Waals surface area contributed by atoms with E-state index >= 15 is 0 Å². The van der Waals surface area contributed by atoms with Gasteiger partial charge in [0.25, 0.3) is 0 Å². The molecule has 2 N–H and O–H groups in total. The first-order valence-corrected chi connectivity index (χ1v) is 5.99. The molecule has 17 heavy (non-hydrogen) atoms. The number of ether oxygens (including phenoxy) is 1. The van der Waals surface area contributed by atoms with E-state index in [2.05, 4.69) is 5.32 Å². The Morgan fingerprint density at radius 1 is 1.41 bits per heavy atom. The third-order valence-electron chi connectivity index (χ3n) is 1.72. The summed E-state index contributed by atoms with van der Waals surface area (Å²) in [5.41, 5.74) is 0.493. The number of carbonyl (C=O) groups excluding carboxylic acids is 1. The predicted molar refractivity (Wildman–Crippen MR) is 65.5 cm³/mol. The van der Waals surface area contributed by atoms with Crippen LogP contribution in [0.1, 0.15) is 26.3 Å². The highest BCUT2D eigenvalue weighted by molar-refractivity contribution is 7.08. The molecule has 0 aromatic carbocycles. The lowest BCUT2D eigenvalue weighted by Crippen LogP contribution is -2.27. The highest BCUT2D eigenvalue weighted by Gasteiger charge is 2.18. The molecule has 1 amide bonds. The molecule has 0 spiro atoms. The summed E-state index contributed by atoms with van der Waals surface area (Å²) in [6.45, 7) is 5.29. The molecule has 0 unspecified atom stereocenters. The van der Waals surface area contributed by atoms with Crippen LogP contribution < -0.4 is 5.32 Å². The van der Waals surface area contributed by atoms with Crippen molar-refractivity contribution in [2.24, 2.45) is 0 Å². The maximum atomic E-state index is 11.5. The van der Waals surface area contributed by atoms with Crippen molar-refractivity contribution < 1.29 is 19.4 Å². The van der Waals surface area contributed by atoms with Crippen molar-refractivity contribution in [2.45, 2.75) is 32.8 Å². The van der Waals surface area contributed by atoms with Crippen LogP contribution in [-0.2, 0) is 16.0 Å². The van der Waals surface area contributed by atoms with Gasteiger partial charge in [-0.15, -0.1) is 11.3 Å². The highest BCUT2D eigenvalue weighted by Crippen LogP contribution is 2.22. The van der Waals surface area contributed by atoms with Gasteiger partial charge in [0.2, 0.25) is 0 Å². The molecule has 0 saturated heterocycles. The maximum absolute atomic E-state index is 11.5. The molecule has 1 aromatic heterocycles. The number of anilines is 1. The summed E-state index contributed by atoms with van der Waals surface area (Å²) in [5, 5.41) is 14.6. The minimum Gasteiger partial charge on any atom is -0.481 e. The van der Waals surface area contributed by atoms with Gasteiger partial charge in [-0.3, -0.25) is 10.1 Å². The van der Waals surface area contributed by atoms with E-state index in [1.807, 2.05) is 0 Å². The van der Waals surface area contributed by atoms with Gasteiger partial charge in [-0.1, -0.05) is 0 Å². The van der Waals surface area contributed by atoms with E-state index in [-0.39, 0.29) is 6.42 Å². The van der Waals surface area contributed by atoms with E-state index in [9.17, 15) is 9.59 Å². The zero-order valence-electron chi connectivity index (χ0n) is 9.94. The van der Waals surface area contributed by atoms with Gasteiger partial charge in [-0.05, 0) is 31.7 Å². The van der Waals surface area contributed by atoms with Crippen LogP contribution in [0.15, 0.2) is 10.8 Å². The van der Waals surface area contributed by atoms with E-state index < -0.39 is 17.7 Å². The van der Waals surface area contributed by atoms with Crippen LogP contribution in [0.25, 0.3) is 0 Å². The lowest BCUT2D eigenvalue weighted by molar-refractivity contribution is -0.136. The minimum absolute atomic E-state index is 0.116. The topological polar surface area (TPSA) is 75.6 Å². The van der Waals surface area contributed by atoms with Crippen LogP contribution in [0.4, 0.5) is 10.5 Å². The Morgan fingerprint density at radius 3 is 2.59 bits per heavy atom. The van der Waals surface area contributed by atoms with Crippen LogP contribution >= 0.6 is 11.3 Å². The number of carboxylic acid groups (broad SMARTS) is 1. The van der Waals surface area contributed by atoms with E-state index in [0.717, 1.165) is 0 Å². The zero-order chi connectivity index (χ0) is 13.1. The summed E-state index contributed by atoms with van der Waals surface area (Å²) in [4.78, 5) is 22.1. The van der Waals surface area contributed by atoms with Crippen molar-refractivity contribution in [3.05, 3.63) is 16.3 Å². The molecule has 94 valence electrons. The Kier molecular flexibility index (Phi) is 4.11. The van der Waals surface area contributed by atoms with Crippen molar-refractivity contribution in [2.75, 3.05) is 5.32 Å². The van der Waals surface area contributed by atoms with Gasteiger partial charge in [-0.2, -0.15) is 0 Å². The molecule has 1 heterocycles. The molecule has 0 aliphatic heterocycles.